The van der Waals surface area contributed by atoms with Gasteiger partial charge in [-0.15, -0.1) is 0 Å². The van der Waals surface area contributed by atoms with E-state index in [1.807, 2.05) is 0 Å². The summed E-state index contributed by atoms with van der Waals surface area (Å²) in [6.45, 7) is 2.27. The monoisotopic (exact) mass is 334 g/mol. The van der Waals surface area contributed by atoms with E-state index in [1.54, 1.807) is 0 Å². The fraction of sp³-hybridized carbons (Fsp3) is 0.200. The molecule has 92 valence electrons. The Bertz CT molecular complexity index is 374. The summed E-state index contributed by atoms with van der Waals surface area (Å²) < 4.78 is 0. The zero-order valence-electron chi connectivity index (χ0n) is 9.95. The molecule has 0 heterocycles. The first-order valence-corrected chi connectivity index (χ1v) is 7.32. The third-order valence-corrected chi connectivity index (χ3v) is 5.32. The van der Waals surface area contributed by atoms with Crippen LogP contribution < -0.4 is 10.6 Å². The molecule has 0 spiro atoms. The molecule has 0 aromatic heterocycles. The summed E-state index contributed by atoms with van der Waals surface area (Å²) in [4.78, 5) is 0. The zero-order chi connectivity index (χ0) is 11.2. The van der Waals surface area contributed by atoms with Crippen LogP contribution in [0.5, 0.6) is 0 Å². The van der Waals surface area contributed by atoms with Gasteiger partial charge in [0.05, 0.1) is 0 Å². The maximum atomic E-state index is 2.27. The van der Waals surface area contributed by atoms with Gasteiger partial charge < -0.3 is 0 Å². The van der Waals surface area contributed by atoms with Crippen molar-refractivity contribution in [2.24, 2.45) is 0 Å². The second-order valence-corrected chi connectivity index (χ2v) is 6.16. The Morgan fingerprint density at radius 2 is 1.18 bits per heavy atom. The van der Waals surface area contributed by atoms with E-state index in [4.69, 9.17) is 0 Å². The van der Waals surface area contributed by atoms with Gasteiger partial charge in [-0.1, -0.05) is 74.0 Å². The maximum absolute atomic E-state index is 2.27. The summed E-state index contributed by atoms with van der Waals surface area (Å²) >= 11 is 0. The van der Waals surface area contributed by atoms with Crippen LogP contribution in [-0.4, -0.2) is 6.16 Å². The molecule has 0 atom stereocenters. The van der Waals surface area contributed by atoms with E-state index >= 15 is 0 Å². The Hall–Kier alpha value is -0.468. The Labute approximate surface area is 119 Å². The SMILES string of the molecule is CCCP(c1ccccc1)c1ccccc1.[Pd]. The molecule has 0 bridgehead atoms. The molecule has 0 aliphatic carbocycles. The van der Waals surface area contributed by atoms with Gasteiger partial charge in [0.15, 0.2) is 0 Å². The summed E-state index contributed by atoms with van der Waals surface area (Å²) in [5, 5.41) is 2.98. The average molecular weight is 335 g/mol. The number of hydrogen-bond donors (Lipinski definition) is 0. The van der Waals surface area contributed by atoms with Crippen molar-refractivity contribution in [3.8, 4) is 0 Å². The van der Waals surface area contributed by atoms with Gasteiger partial charge in [-0.05, 0) is 24.7 Å². The van der Waals surface area contributed by atoms with Gasteiger partial charge in [-0.2, -0.15) is 0 Å². The fourth-order valence-electron chi connectivity index (χ4n) is 1.85. The van der Waals surface area contributed by atoms with E-state index in [1.165, 1.54) is 23.2 Å². The molecule has 0 nitrogen and oxygen atoms in total. The summed E-state index contributed by atoms with van der Waals surface area (Å²) in [5.41, 5.74) is 0. The normalized spacial score (nSPS) is 10.0. The predicted molar refractivity (Wildman–Crippen MR) is 74.2 cm³/mol. The molecule has 0 aliphatic heterocycles. The molecule has 0 saturated carbocycles. The van der Waals surface area contributed by atoms with Crippen molar-refractivity contribution < 1.29 is 20.4 Å². The standard InChI is InChI=1S/C15H17P.Pd/c1-2-13-16(14-9-5-3-6-10-14)15-11-7-4-8-12-15;/h3-12H,2,13H2,1H3;. The van der Waals surface area contributed by atoms with Crippen molar-refractivity contribution in [1.29, 1.82) is 0 Å². The van der Waals surface area contributed by atoms with Crippen LogP contribution >= 0.6 is 7.92 Å². The fourth-order valence-corrected chi connectivity index (χ4v) is 4.17. The minimum Gasteiger partial charge on any atom is -0.0650 e. The van der Waals surface area contributed by atoms with Gasteiger partial charge in [-0.3, -0.25) is 0 Å². The Balaban J connectivity index is 0.00000144. The zero-order valence-corrected chi connectivity index (χ0v) is 12.4. The molecule has 0 aliphatic rings. The minimum absolute atomic E-state index is 0. The van der Waals surface area contributed by atoms with Crippen molar-refractivity contribution in [1.82, 2.24) is 0 Å². The molecule has 17 heavy (non-hydrogen) atoms. The molecule has 0 amide bonds. The first-order valence-electron chi connectivity index (χ1n) is 5.79. The van der Waals surface area contributed by atoms with Crippen molar-refractivity contribution in [2.75, 3.05) is 6.16 Å². The van der Waals surface area contributed by atoms with Crippen LogP contribution in [0.25, 0.3) is 0 Å². The second kappa shape index (κ2) is 7.78. The molecule has 0 fully saturated rings. The van der Waals surface area contributed by atoms with E-state index in [9.17, 15) is 0 Å². The summed E-state index contributed by atoms with van der Waals surface area (Å²) in [5.74, 6) is 0. The molecular weight excluding hydrogens is 318 g/mol. The molecule has 2 rings (SSSR count). The van der Waals surface area contributed by atoms with Crippen molar-refractivity contribution >= 4 is 18.5 Å². The molecule has 0 N–H and O–H groups in total. The van der Waals surface area contributed by atoms with Gasteiger partial charge in [-0.25, -0.2) is 0 Å². The van der Waals surface area contributed by atoms with Gasteiger partial charge in [0, 0.05) is 20.4 Å². The topological polar surface area (TPSA) is 0 Å². The van der Waals surface area contributed by atoms with Crippen molar-refractivity contribution in [3.63, 3.8) is 0 Å². The van der Waals surface area contributed by atoms with E-state index < -0.39 is 0 Å². The first-order chi connectivity index (χ1) is 7.92. The van der Waals surface area contributed by atoms with Crippen LogP contribution in [-0.2, 0) is 20.4 Å². The van der Waals surface area contributed by atoms with Gasteiger partial charge in [0.25, 0.3) is 0 Å². The second-order valence-electron chi connectivity index (χ2n) is 3.82. The molecule has 0 radical (unpaired) electrons. The molecule has 2 aromatic rings. The number of rotatable bonds is 4. The van der Waals surface area contributed by atoms with Crippen LogP contribution in [0, 0.1) is 0 Å². The first kappa shape index (κ1) is 14.6. The van der Waals surface area contributed by atoms with Crippen molar-refractivity contribution in [2.45, 2.75) is 13.3 Å². The van der Waals surface area contributed by atoms with Crippen LogP contribution in [0.4, 0.5) is 0 Å². The van der Waals surface area contributed by atoms with E-state index in [2.05, 4.69) is 67.6 Å². The smallest absolute Gasteiger partial charge is 0 e. The van der Waals surface area contributed by atoms with Crippen molar-refractivity contribution in [3.05, 3.63) is 60.7 Å². The van der Waals surface area contributed by atoms with E-state index in [-0.39, 0.29) is 28.3 Å². The largest absolute Gasteiger partial charge is 0.0650 e. The van der Waals surface area contributed by atoms with Crippen LogP contribution in [0.15, 0.2) is 60.7 Å². The summed E-state index contributed by atoms with van der Waals surface area (Å²) in [6.07, 6.45) is 2.53. The van der Waals surface area contributed by atoms with Crippen LogP contribution in [0.3, 0.4) is 0 Å². The molecular formula is C15H17PPd. The minimum atomic E-state index is -0.151. The summed E-state index contributed by atoms with van der Waals surface area (Å²) in [7, 11) is -0.151. The Kier molecular flexibility index (Phi) is 6.68. The third-order valence-electron chi connectivity index (χ3n) is 2.58. The molecule has 2 heteroatoms. The van der Waals surface area contributed by atoms with E-state index in [0.717, 1.165) is 0 Å². The van der Waals surface area contributed by atoms with E-state index in [0.29, 0.717) is 0 Å². The molecule has 2 aromatic carbocycles. The third kappa shape index (κ3) is 4.04. The predicted octanol–water partition coefficient (Wildman–Crippen LogP) is 3.53. The molecule has 0 saturated heterocycles. The quantitative estimate of drug-likeness (QED) is 0.593. The Morgan fingerprint density at radius 1 is 0.765 bits per heavy atom. The number of hydrogen-bond acceptors (Lipinski definition) is 0. The Morgan fingerprint density at radius 3 is 1.53 bits per heavy atom. The maximum Gasteiger partial charge on any atom is 0 e. The average Bonchev–Trinajstić information content (AvgIpc) is 2.38. The van der Waals surface area contributed by atoms with Crippen LogP contribution in [0.2, 0.25) is 0 Å². The summed E-state index contributed by atoms with van der Waals surface area (Å²) in [6, 6.07) is 21.8. The van der Waals surface area contributed by atoms with Gasteiger partial charge >= 0.3 is 0 Å². The number of benzene rings is 2. The van der Waals surface area contributed by atoms with Gasteiger partial charge in [0.1, 0.15) is 0 Å². The molecule has 0 unspecified atom stereocenters. The van der Waals surface area contributed by atoms with Gasteiger partial charge in [0.2, 0.25) is 0 Å². The van der Waals surface area contributed by atoms with Crippen LogP contribution in [0.1, 0.15) is 13.3 Å².